The first-order valence-electron chi connectivity index (χ1n) is 9.60. The van der Waals surface area contributed by atoms with Crippen LogP contribution in [0.5, 0.6) is 0 Å². The molecule has 176 valence electrons. The Labute approximate surface area is 190 Å². The van der Waals surface area contributed by atoms with Gasteiger partial charge in [-0.05, 0) is 62.2 Å². The second kappa shape index (κ2) is 8.71. The molecule has 33 heavy (non-hydrogen) atoms. The fourth-order valence-electron chi connectivity index (χ4n) is 3.14. The van der Waals surface area contributed by atoms with Crippen LogP contribution in [0.3, 0.4) is 0 Å². The summed E-state index contributed by atoms with van der Waals surface area (Å²) in [5.41, 5.74) is 0.832. The number of hydrogen-bond donors (Lipinski definition) is 2. The number of anilines is 2. The minimum atomic E-state index is -4.89. The van der Waals surface area contributed by atoms with Crippen molar-refractivity contribution in [3.8, 4) is 0 Å². The molecule has 2 N–H and O–H groups in total. The molecule has 0 saturated heterocycles. The predicted octanol–water partition coefficient (Wildman–Crippen LogP) is 5.23. The Hall–Kier alpha value is -3.05. The number of halogens is 3. The van der Waals surface area contributed by atoms with Crippen LogP contribution < -0.4 is 9.44 Å². The average Bonchev–Trinajstić information content (AvgIpc) is 2.71. The van der Waals surface area contributed by atoms with Gasteiger partial charge in [-0.1, -0.05) is 35.9 Å². The van der Waals surface area contributed by atoms with Crippen molar-refractivity contribution in [1.82, 2.24) is 0 Å². The van der Waals surface area contributed by atoms with E-state index in [2.05, 4.69) is 9.44 Å². The number of benzene rings is 3. The highest BCUT2D eigenvalue weighted by Gasteiger charge is 2.37. The molecule has 0 unspecified atom stereocenters. The first kappa shape index (κ1) is 24.6. The van der Waals surface area contributed by atoms with Crippen LogP contribution in [0, 0.1) is 20.8 Å². The summed E-state index contributed by atoms with van der Waals surface area (Å²) >= 11 is 0. The van der Waals surface area contributed by atoms with Gasteiger partial charge in [-0.2, -0.15) is 13.2 Å². The molecule has 0 aliphatic rings. The van der Waals surface area contributed by atoms with E-state index >= 15 is 0 Å². The highest BCUT2D eigenvalue weighted by molar-refractivity contribution is 7.93. The van der Waals surface area contributed by atoms with Gasteiger partial charge in [0.1, 0.15) is 0 Å². The smallest absolute Gasteiger partial charge is 0.279 e. The number of alkyl halides is 3. The van der Waals surface area contributed by atoms with Crippen molar-refractivity contribution in [3.63, 3.8) is 0 Å². The van der Waals surface area contributed by atoms with Crippen LogP contribution in [0.1, 0.15) is 22.3 Å². The zero-order chi connectivity index (χ0) is 24.6. The standard InChI is InChI=1S/C22H21F3N2O4S2/c1-14-8-11-19(16(3)12-14)26-32(28,29)17-10-9-15(2)20(13-17)27-33(30,31)21-7-5-4-6-18(21)22(23,24)25/h4-13,26-27H,1-3H3. The van der Waals surface area contributed by atoms with E-state index in [0.717, 1.165) is 23.8 Å². The van der Waals surface area contributed by atoms with Crippen LogP contribution in [-0.2, 0) is 26.2 Å². The summed E-state index contributed by atoms with van der Waals surface area (Å²) in [5, 5.41) is 0. The zero-order valence-electron chi connectivity index (χ0n) is 17.9. The molecule has 0 aliphatic carbocycles. The molecule has 0 radical (unpaired) electrons. The average molecular weight is 499 g/mol. The molecule has 0 amide bonds. The number of nitrogens with one attached hydrogen (secondary N) is 2. The lowest BCUT2D eigenvalue weighted by Gasteiger charge is -2.16. The lowest BCUT2D eigenvalue weighted by molar-refractivity contribution is -0.139. The van der Waals surface area contributed by atoms with Crippen LogP contribution in [0.2, 0.25) is 0 Å². The molecule has 11 heteroatoms. The SMILES string of the molecule is Cc1ccc(NS(=O)(=O)c2ccc(C)c(NS(=O)(=O)c3ccccc3C(F)(F)F)c2)c(C)c1. The van der Waals surface area contributed by atoms with E-state index in [1.165, 1.54) is 25.1 Å². The molecule has 3 rings (SSSR count). The van der Waals surface area contributed by atoms with Gasteiger partial charge >= 0.3 is 6.18 Å². The van der Waals surface area contributed by atoms with E-state index in [9.17, 15) is 30.0 Å². The van der Waals surface area contributed by atoms with Crippen molar-refractivity contribution < 1.29 is 30.0 Å². The van der Waals surface area contributed by atoms with Gasteiger partial charge < -0.3 is 0 Å². The molecular weight excluding hydrogens is 477 g/mol. The molecule has 3 aromatic rings. The molecule has 0 bridgehead atoms. The third-order valence-electron chi connectivity index (χ3n) is 4.87. The quantitative estimate of drug-likeness (QED) is 0.487. The fraction of sp³-hybridized carbons (Fsp3) is 0.182. The molecular formula is C22H21F3N2O4S2. The Morgan fingerprint density at radius 2 is 1.33 bits per heavy atom. The van der Waals surface area contributed by atoms with Gasteiger partial charge in [0.05, 0.1) is 26.7 Å². The van der Waals surface area contributed by atoms with Crippen LogP contribution in [0.15, 0.2) is 70.5 Å². The van der Waals surface area contributed by atoms with Gasteiger partial charge in [-0.15, -0.1) is 0 Å². The van der Waals surface area contributed by atoms with Crippen molar-refractivity contribution in [3.05, 3.63) is 82.9 Å². The van der Waals surface area contributed by atoms with Crippen molar-refractivity contribution in [2.75, 3.05) is 9.44 Å². The minimum Gasteiger partial charge on any atom is -0.279 e. The normalized spacial score (nSPS) is 12.4. The maximum atomic E-state index is 13.3. The van der Waals surface area contributed by atoms with E-state index in [1.807, 2.05) is 6.92 Å². The Kier molecular flexibility index (Phi) is 6.49. The van der Waals surface area contributed by atoms with Crippen LogP contribution >= 0.6 is 0 Å². The number of hydrogen-bond acceptors (Lipinski definition) is 4. The van der Waals surface area contributed by atoms with Gasteiger partial charge in [-0.3, -0.25) is 9.44 Å². The summed E-state index contributed by atoms with van der Waals surface area (Å²) in [6.07, 6.45) is -4.89. The van der Waals surface area contributed by atoms with E-state index in [4.69, 9.17) is 0 Å². The molecule has 0 aliphatic heterocycles. The lowest BCUT2D eigenvalue weighted by atomic mass is 10.1. The third-order valence-corrected chi connectivity index (χ3v) is 7.66. The van der Waals surface area contributed by atoms with Crippen molar-refractivity contribution in [2.24, 2.45) is 0 Å². The summed E-state index contributed by atoms with van der Waals surface area (Å²) in [5.74, 6) is 0. The van der Waals surface area contributed by atoms with Crippen LogP contribution in [0.25, 0.3) is 0 Å². The molecule has 6 nitrogen and oxygen atoms in total. The summed E-state index contributed by atoms with van der Waals surface area (Å²) < 4.78 is 95.8. The maximum Gasteiger partial charge on any atom is 0.417 e. The van der Waals surface area contributed by atoms with E-state index < -0.39 is 36.7 Å². The largest absolute Gasteiger partial charge is 0.417 e. The van der Waals surface area contributed by atoms with E-state index in [1.54, 1.807) is 25.1 Å². The second-order valence-electron chi connectivity index (χ2n) is 7.50. The van der Waals surface area contributed by atoms with Crippen molar-refractivity contribution >= 4 is 31.4 Å². The Balaban J connectivity index is 1.99. The highest BCUT2D eigenvalue weighted by Crippen LogP contribution is 2.35. The molecule has 0 aromatic heterocycles. The Bertz CT molecular complexity index is 1420. The zero-order valence-corrected chi connectivity index (χ0v) is 19.5. The summed E-state index contributed by atoms with van der Waals surface area (Å²) in [7, 11) is -8.77. The van der Waals surface area contributed by atoms with Gasteiger partial charge in [0, 0.05) is 0 Å². The summed E-state index contributed by atoms with van der Waals surface area (Å²) in [4.78, 5) is -1.21. The molecule has 0 fully saturated rings. The van der Waals surface area contributed by atoms with Gasteiger partial charge in [-0.25, -0.2) is 16.8 Å². The molecule has 3 aromatic carbocycles. The summed E-state index contributed by atoms with van der Waals surface area (Å²) in [6, 6.07) is 12.6. The minimum absolute atomic E-state index is 0.157. The van der Waals surface area contributed by atoms with Crippen molar-refractivity contribution in [1.29, 1.82) is 0 Å². The first-order valence-corrected chi connectivity index (χ1v) is 12.6. The van der Waals surface area contributed by atoms with Gasteiger partial charge in [0.15, 0.2) is 0 Å². The van der Waals surface area contributed by atoms with Crippen molar-refractivity contribution in [2.45, 2.75) is 36.7 Å². The lowest BCUT2D eigenvalue weighted by Crippen LogP contribution is -2.20. The third kappa shape index (κ3) is 5.48. The predicted molar refractivity (Wildman–Crippen MR) is 120 cm³/mol. The maximum absolute atomic E-state index is 13.3. The molecule has 0 atom stereocenters. The van der Waals surface area contributed by atoms with Gasteiger partial charge in [0.2, 0.25) is 0 Å². The van der Waals surface area contributed by atoms with Crippen LogP contribution in [0.4, 0.5) is 24.5 Å². The Morgan fingerprint density at radius 1 is 0.697 bits per heavy atom. The molecule has 0 heterocycles. The Morgan fingerprint density at radius 3 is 1.97 bits per heavy atom. The number of rotatable bonds is 6. The number of sulfonamides is 2. The highest BCUT2D eigenvalue weighted by atomic mass is 32.2. The number of aryl methyl sites for hydroxylation is 3. The second-order valence-corrected chi connectivity index (χ2v) is 10.8. The molecule has 0 spiro atoms. The van der Waals surface area contributed by atoms with Crippen LogP contribution in [-0.4, -0.2) is 16.8 Å². The van der Waals surface area contributed by atoms with E-state index in [0.29, 0.717) is 22.9 Å². The van der Waals surface area contributed by atoms with E-state index in [-0.39, 0.29) is 10.6 Å². The fourth-order valence-corrected chi connectivity index (χ4v) is 5.65. The topological polar surface area (TPSA) is 92.3 Å². The first-order chi connectivity index (χ1) is 15.2. The summed E-state index contributed by atoms with van der Waals surface area (Å²) in [6.45, 7) is 5.10. The van der Waals surface area contributed by atoms with Gasteiger partial charge in [0.25, 0.3) is 20.0 Å². The monoisotopic (exact) mass is 498 g/mol. The molecule has 0 saturated carbocycles.